The van der Waals surface area contributed by atoms with Gasteiger partial charge in [-0.2, -0.15) is 0 Å². The highest BCUT2D eigenvalue weighted by molar-refractivity contribution is 5.47. The smallest absolute Gasteiger partial charge is 0.161 e. The van der Waals surface area contributed by atoms with Crippen molar-refractivity contribution in [1.82, 2.24) is 0 Å². The maximum absolute atomic E-state index is 13.3. The van der Waals surface area contributed by atoms with Gasteiger partial charge in [-0.3, -0.25) is 0 Å². The number of hydrogen-bond acceptors (Lipinski definition) is 3. The van der Waals surface area contributed by atoms with Crippen LogP contribution in [0.4, 0.5) is 14.5 Å². The number of halogens is 2. The van der Waals surface area contributed by atoms with Crippen LogP contribution in [0.5, 0.6) is 11.5 Å². The maximum Gasteiger partial charge on any atom is 0.161 e. The highest BCUT2D eigenvalue weighted by atomic mass is 19.1. The molecule has 0 bridgehead atoms. The third-order valence-corrected chi connectivity index (χ3v) is 3.93. The minimum absolute atomic E-state index is 0.255. The minimum atomic E-state index is -0.289. The van der Waals surface area contributed by atoms with Gasteiger partial charge in [-0.05, 0) is 66.6 Å². The monoisotopic (exact) mass is 369 g/mol. The van der Waals surface area contributed by atoms with Crippen LogP contribution in [0.1, 0.15) is 18.1 Å². The molecule has 0 aliphatic rings. The van der Waals surface area contributed by atoms with Gasteiger partial charge in [0.1, 0.15) is 18.2 Å². The van der Waals surface area contributed by atoms with Crippen molar-refractivity contribution >= 4 is 5.69 Å². The second-order valence-corrected chi connectivity index (χ2v) is 5.99. The first-order chi connectivity index (χ1) is 13.1. The Labute approximate surface area is 157 Å². The Hall–Kier alpha value is -3.08. The zero-order valence-electron chi connectivity index (χ0n) is 15.0. The lowest BCUT2D eigenvalue weighted by Crippen LogP contribution is -2.03. The number of anilines is 1. The molecule has 0 amide bonds. The van der Waals surface area contributed by atoms with E-state index >= 15 is 0 Å². The van der Waals surface area contributed by atoms with E-state index in [-0.39, 0.29) is 18.2 Å². The van der Waals surface area contributed by atoms with E-state index in [1.165, 1.54) is 24.3 Å². The number of rotatable bonds is 8. The van der Waals surface area contributed by atoms with E-state index < -0.39 is 0 Å². The summed E-state index contributed by atoms with van der Waals surface area (Å²) in [5, 5.41) is 3.24. The van der Waals surface area contributed by atoms with Gasteiger partial charge in [0.15, 0.2) is 11.5 Å². The van der Waals surface area contributed by atoms with Crippen LogP contribution in [-0.4, -0.2) is 6.61 Å². The molecule has 0 spiro atoms. The van der Waals surface area contributed by atoms with Gasteiger partial charge in [0.25, 0.3) is 0 Å². The largest absolute Gasteiger partial charge is 0.490 e. The summed E-state index contributed by atoms with van der Waals surface area (Å²) in [7, 11) is 0. The molecular weight excluding hydrogens is 348 g/mol. The van der Waals surface area contributed by atoms with Crippen molar-refractivity contribution < 1.29 is 18.3 Å². The standard InChI is InChI=1S/C22H21F2NO2/c1-2-26-22-13-16(14-25-20-9-7-18(23)8-10-20)6-11-21(22)27-15-17-4-3-5-19(24)12-17/h3-13,25H,2,14-15H2,1H3. The lowest BCUT2D eigenvalue weighted by atomic mass is 10.2. The molecule has 0 saturated carbocycles. The minimum Gasteiger partial charge on any atom is -0.490 e. The van der Waals surface area contributed by atoms with Crippen LogP contribution in [0.2, 0.25) is 0 Å². The van der Waals surface area contributed by atoms with Gasteiger partial charge in [-0.25, -0.2) is 8.78 Å². The Morgan fingerprint density at radius 2 is 1.59 bits per heavy atom. The lowest BCUT2D eigenvalue weighted by molar-refractivity contribution is 0.269. The summed E-state index contributed by atoms with van der Waals surface area (Å²) in [4.78, 5) is 0. The molecule has 0 aliphatic heterocycles. The van der Waals surface area contributed by atoms with Crippen LogP contribution < -0.4 is 14.8 Å². The molecule has 0 unspecified atom stereocenters. The van der Waals surface area contributed by atoms with Crippen molar-refractivity contribution in [1.29, 1.82) is 0 Å². The molecule has 0 aromatic heterocycles. The van der Waals surface area contributed by atoms with Gasteiger partial charge in [0.05, 0.1) is 6.61 Å². The molecule has 1 N–H and O–H groups in total. The van der Waals surface area contributed by atoms with Crippen molar-refractivity contribution in [2.75, 3.05) is 11.9 Å². The fourth-order valence-corrected chi connectivity index (χ4v) is 2.61. The van der Waals surface area contributed by atoms with Crippen LogP contribution in [0.25, 0.3) is 0 Å². The molecule has 0 saturated heterocycles. The Kier molecular flexibility index (Phi) is 6.26. The van der Waals surface area contributed by atoms with Crippen LogP contribution in [-0.2, 0) is 13.2 Å². The van der Waals surface area contributed by atoms with Crippen molar-refractivity contribution in [2.24, 2.45) is 0 Å². The van der Waals surface area contributed by atoms with Crippen LogP contribution in [0, 0.1) is 11.6 Å². The summed E-state index contributed by atoms with van der Waals surface area (Å²) in [5.41, 5.74) is 2.58. The Morgan fingerprint density at radius 1 is 0.778 bits per heavy atom. The molecule has 0 radical (unpaired) electrons. The summed E-state index contributed by atoms with van der Waals surface area (Å²) >= 11 is 0. The van der Waals surface area contributed by atoms with Gasteiger partial charge < -0.3 is 14.8 Å². The average Bonchev–Trinajstić information content (AvgIpc) is 2.67. The topological polar surface area (TPSA) is 30.5 Å². The predicted molar refractivity (Wildman–Crippen MR) is 102 cm³/mol. The molecule has 5 heteroatoms. The lowest BCUT2D eigenvalue weighted by Gasteiger charge is -2.14. The molecule has 0 fully saturated rings. The normalized spacial score (nSPS) is 10.5. The molecular formula is C22H21F2NO2. The van der Waals surface area contributed by atoms with E-state index in [1.807, 2.05) is 31.2 Å². The van der Waals surface area contributed by atoms with E-state index in [4.69, 9.17) is 9.47 Å². The van der Waals surface area contributed by atoms with Crippen LogP contribution >= 0.6 is 0 Å². The summed E-state index contributed by atoms with van der Waals surface area (Å²) in [6, 6.07) is 18.2. The molecule has 140 valence electrons. The van der Waals surface area contributed by atoms with E-state index in [1.54, 1.807) is 18.2 Å². The molecule has 0 aliphatic carbocycles. The summed E-state index contributed by atoms with van der Waals surface area (Å²) < 4.78 is 37.7. The maximum atomic E-state index is 13.3. The van der Waals surface area contributed by atoms with E-state index in [0.717, 1.165) is 16.8 Å². The Bertz CT molecular complexity index is 882. The van der Waals surface area contributed by atoms with Gasteiger partial charge in [0, 0.05) is 12.2 Å². The van der Waals surface area contributed by atoms with Crippen LogP contribution in [0.3, 0.4) is 0 Å². The quantitative estimate of drug-likeness (QED) is 0.564. The molecule has 0 atom stereocenters. The first-order valence-corrected chi connectivity index (χ1v) is 8.76. The second-order valence-electron chi connectivity index (χ2n) is 5.99. The number of ether oxygens (including phenoxy) is 2. The number of hydrogen-bond donors (Lipinski definition) is 1. The molecule has 3 rings (SSSR count). The third-order valence-electron chi connectivity index (χ3n) is 3.93. The highest BCUT2D eigenvalue weighted by Crippen LogP contribution is 2.29. The first kappa shape index (κ1) is 18.7. The fourth-order valence-electron chi connectivity index (χ4n) is 2.61. The summed E-state index contributed by atoms with van der Waals surface area (Å²) in [6.45, 7) is 3.23. The second kappa shape index (κ2) is 9.03. The molecule has 3 nitrogen and oxygen atoms in total. The van der Waals surface area contributed by atoms with Gasteiger partial charge in [0.2, 0.25) is 0 Å². The van der Waals surface area contributed by atoms with Crippen molar-refractivity contribution in [3.8, 4) is 11.5 Å². The highest BCUT2D eigenvalue weighted by Gasteiger charge is 2.08. The summed E-state index contributed by atoms with van der Waals surface area (Å²) in [5.74, 6) is 0.682. The van der Waals surface area contributed by atoms with Crippen molar-refractivity contribution in [3.63, 3.8) is 0 Å². The van der Waals surface area contributed by atoms with E-state index in [2.05, 4.69) is 5.32 Å². The zero-order chi connectivity index (χ0) is 19.1. The van der Waals surface area contributed by atoms with Crippen molar-refractivity contribution in [2.45, 2.75) is 20.1 Å². The van der Waals surface area contributed by atoms with Gasteiger partial charge in [-0.1, -0.05) is 18.2 Å². The molecule has 3 aromatic rings. The summed E-state index contributed by atoms with van der Waals surface area (Å²) in [6.07, 6.45) is 0. The molecule has 27 heavy (non-hydrogen) atoms. The van der Waals surface area contributed by atoms with Crippen LogP contribution in [0.15, 0.2) is 66.7 Å². The first-order valence-electron chi connectivity index (χ1n) is 8.76. The Balaban J connectivity index is 1.67. The Morgan fingerprint density at radius 3 is 2.33 bits per heavy atom. The third kappa shape index (κ3) is 5.45. The molecule has 0 heterocycles. The number of benzene rings is 3. The van der Waals surface area contributed by atoms with E-state index in [0.29, 0.717) is 24.7 Å². The average molecular weight is 369 g/mol. The molecule has 3 aromatic carbocycles. The van der Waals surface area contributed by atoms with Gasteiger partial charge >= 0.3 is 0 Å². The predicted octanol–water partition coefficient (Wildman–Crippen LogP) is 5.55. The van der Waals surface area contributed by atoms with Crippen molar-refractivity contribution in [3.05, 3.63) is 89.5 Å². The number of nitrogens with one attached hydrogen (secondary N) is 1. The van der Waals surface area contributed by atoms with E-state index in [9.17, 15) is 8.78 Å². The SMILES string of the molecule is CCOc1cc(CNc2ccc(F)cc2)ccc1OCc1cccc(F)c1. The zero-order valence-corrected chi connectivity index (χ0v) is 15.0. The fraction of sp³-hybridized carbons (Fsp3) is 0.182. The van der Waals surface area contributed by atoms with Gasteiger partial charge in [-0.15, -0.1) is 0 Å².